The molecule has 11 heteroatoms. The quantitative estimate of drug-likeness (QED) is 0.172. The number of rotatable bonds is 11. The van der Waals surface area contributed by atoms with Crippen molar-refractivity contribution >= 4 is 33.2 Å². The molecule has 9 nitrogen and oxygen atoms in total. The van der Waals surface area contributed by atoms with Crippen molar-refractivity contribution in [3.05, 3.63) is 46.7 Å². The molecule has 0 radical (unpaired) electrons. The number of carbonyl (C=O) groups excluding carboxylic acids is 2. The standard InChI is InChI=1S/C20H23N3O6S2/c1-2-3-12-29-16-6-8-17(9-7-16)31(27,28)23-18(20(25)22-26)5-4-11-21-19(24)15-10-13-30-14-15/h6-10,13-14,18,23,26H,4-5,11-12H2,1H3,(H,21,24)(H,22,25). The number of carbonyl (C=O) groups is 2. The molecule has 0 spiro atoms. The Labute approximate surface area is 184 Å². The third-order valence-electron chi connectivity index (χ3n) is 4.08. The van der Waals surface area contributed by atoms with Gasteiger partial charge in [-0.25, -0.2) is 13.9 Å². The molecule has 4 N–H and O–H groups in total. The van der Waals surface area contributed by atoms with Crippen LogP contribution in [0.5, 0.6) is 5.75 Å². The first-order chi connectivity index (χ1) is 14.9. The summed E-state index contributed by atoms with van der Waals surface area (Å²) in [6.07, 6.45) is 0.369. The van der Waals surface area contributed by atoms with Crippen LogP contribution in [0.2, 0.25) is 0 Å². The predicted octanol–water partition coefficient (Wildman–Crippen LogP) is 1.51. The molecule has 2 amide bonds. The monoisotopic (exact) mass is 465 g/mol. The van der Waals surface area contributed by atoms with Gasteiger partial charge < -0.3 is 10.1 Å². The van der Waals surface area contributed by atoms with Gasteiger partial charge in [-0.2, -0.15) is 16.1 Å². The van der Waals surface area contributed by atoms with Crippen LogP contribution in [0.25, 0.3) is 0 Å². The van der Waals surface area contributed by atoms with E-state index in [1.165, 1.54) is 41.1 Å². The summed E-state index contributed by atoms with van der Waals surface area (Å²) >= 11 is 1.40. The number of hydrogen-bond acceptors (Lipinski definition) is 7. The van der Waals surface area contributed by atoms with Crippen LogP contribution in [0.3, 0.4) is 0 Å². The van der Waals surface area contributed by atoms with E-state index in [4.69, 9.17) is 9.94 Å². The minimum absolute atomic E-state index is 0.0619. The summed E-state index contributed by atoms with van der Waals surface area (Å²) in [4.78, 5) is 23.8. The van der Waals surface area contributed by atoms with Gasteiger partial charge >= 0.3 is 0 Å². The van der Waals surface area contributed by atoms with Crippen LogP contribution in [0.15, 0.2) is 46.0 Å². The SMILES string of the molecule is CC#CCOc1ccc(S(=O)(=O)NC(CCCNC(=O)c2ccsc2)C(=O)NO)cc1. The number of hydrogen-bond donors (Lipinski definition) is 4. The summed E-state index contributed by atoms with van der Waals surface area (Å²) in [5, 5.41) is 15.1. The summed E-state index contributed by atoms with van der Waals surface area (Å²) < 4.78 is 32.9. The van der Waals surface area contributed by atoms with Crippen LogP contribution in [-0.2, 0) is 14.8 Å². The number of ether oxygens (including phenoxy) is 1. The van der Waals surface area contributed by atoms with Gasteiger partial charge in [-0.3, -0.25) is 14.8 Å². The van der Waals surface area contributed by atoms with Crippen molar-refractivity contribution in [2.45, 2.75) is 30.7 Å². The van der Waals surface area contributed by atoms with Crippen LogP contribution in [0, 0.1) is 11.8 Å². The lowest BCUT2D eigenvalue weighted by atomic mass is 10.1. The van der Waals surface area contributed by atoms with Crippen LogP contribution < -0.4 is 20.3 Å². The third kappa shape index (κ3) is 7.69. The highest BCUT2D eigenvalue weighted by molar-refractivity contribution is 7.89. The Balaban J connectivity index is 1.94. The van der Waals surface area contributed by atoms with Crippen LogP contribution >= 0.6 is 11.3 Å². The first kappa shape index (κ1) is 24.4. The zero-order valence-corrected chi connectivity index (χ0v) is 18.4. The van der Waals surface area contributed by atoms with Gasteiger partial charge in [0, 0.05) is 17.5 Å². The van der Waals surface area contributed by atoms with Gasteiger partial charge in [-0.05, 0) is 55.5 Å². The van der Waals surface area contributed by atoms with Crippen molar-refractivity contribution in [2.75, 3.05) is 13.2 Å². The summed E-state index contributed by atoms with van der Waals surface area (Å²) in [7, 11) is -4.04. The number of amides is 2. The number of sulfonamides is 1. The molecule has 0 aliphatic heterocycles. The van der Waals surface area contributed by atoms with Crippen LogP contribution in [0.4, 0.5) is 0 Å². The lowest BCUT2D eigenvalue weighted by Crippen LogP contribution is -2.46. The molecular formula is C20H23N3O6S2. The summed E-state index contributed by atoms with van der Waals surface area (Å²) in [6.45, 7) is 2.10. The zero-order valence-electron chi connectivity index (χ0n) is 16.8. The van der Waals surface area contributed by atoms with Crippen molar-refractivity contribution in [1.29, 1.82) is 0 Å². The average molecular weight is 466 g/mol. The van der Waals surface area contributed by atoms with Crippen LogP contribution in [0.1, 0.15) is 30.1 Å². The topological polar surface area (TPSA) is 134 Å². The van der Waals surface area contributed by atoms with Crippen molar-refractivity contribution in [1.82, 2.24) is 15.5 Å². The highest BCUT2D eigenvalue weighted by atomic mass is 32.2. The molecule has 0 bridgehead atoms. The maximum atomic E-state index is 12.6. The van der Waals surface area contributed by atoms with E-state index in [1.54, 1.807) is 23.8 Å². The molecule has 1 aromatic heterocycles. The third-order valence-corrected chi connectivity index (χ3v) is 6.26. The maximum Gasteiger partial charge on any atom is 0.261 e. The molecule has 1 aromatic carbocycles. The number of benzene rings is 1. The van der Waals surface area contributed by atoms with Crippen molar-refractivity contribution in [2.24, 2.45) is 0 Å². The van der Waals surface area contributed by atoms with E-state index in [1.807, 2.05) is 0 Å². The fraction of sp³-hybridized carbons (Fsp3) is 0.300. The second-order valence-corrected chi connectivity index (χ2v) is 8.74. The molecule has 1 atom stereocenters. The Hall–Kier alpha value is -2.91. The predicted molar refractivity (Wildman–Crippen MR) is 115 cm³/mol. The maximum absolute atomic E-state index is 12.6. The van der Waals surface area contributed by atoms with Gasteiger partial charge in [0.05, 0.1) is 4.90 Å². The van der Waals surface area contributed by atoms with Crippen molar-refractivity contribution < 1.29 is 28.0 Å². The molecule has 1 unspecified atom stereocenters. The molecule has 0 fully saturated rings. The molecule has 2 aromatic rings. The highest BCUT2D eigenvalue weighted by Gasteiger charge is 2.25. The Bertz CT molecular complexity index is 1030. The Morgan fingerprint density at radius 3 is 2.58 bits per heavy atom. The molecule has 2 rings (SSSR count). The largest absolute Gasteiger partial charge is 0.481 e. The summed E-state index contributed by atoms with van der Waals surface area (Å²) in [6, 6.07) is 6.10. The van der Waals surface area contributed by atoms with Crippen molar-refractivity contribution in [3.8, 4) is 17.6 Å². The van der Waals surface area contributed by atoms with Gasteiger partial charge in [0.2, 0.25) is 10.0 Å². The fourth-order valence-electron chi connectivity index (χ4n) is 2.49. The molecular weight excluding hydrogens is 442 g/mol. The summed E-state index contributed by atoms with van der Waals surface area (Å²) in [5.74, 6) is 4.71. The molecule has 1 heterocycles. The lowest BCUT2D eigenvalue weighted by molar-refractivity contribution is -0.131. The Morgan fingerprint density at radius 1 is 1.23 bits per heavy atom. The Kier molecular flexibility index (Phi) is 9.48. The van der Waals surface area contributed by atoms with Gasteiger partial charge in [0.1, 0.15) is 18.4 Å². The highest BCUT2D eigenvalue weighted by Crippen LogP contribution is 2.17. The van der Waals surface area contributed by atoms with E-state index in [9.17, 15) is 18.0 Å². The molecule has 0 saturated carbocycles. The minimum atomic E-state index is -4.04. The van der Waals surface area contributed by atoms with E-state index < -0.39 is 22.0 Å². The van der Waals surface area contributed by atoms with Gasteiger partial charge in [0.15, 0.2) is 0 Å². The number of nitrogens with one attached hydrogen (secondary N) is 3. The molecule has 166 valence electrons. The average Bonchev–Trinajstić information content (AvgIpc) is 3.31. The molecule has 0 saturated heterocycles. The van der Waals surface area contributed by atoms with E-state index >= 15 is 0 Å². The van der Waals surface area contributed by atoms with E-state index in [0.717, 1.165) is 0 Å². The normalized spacial score (nSPS) is 11.7. The number of thiophene rings is 1. The van der Waals surface area contributed by atoms with E-state index in [0.29, 0.717) is 17.7 Å². The minimum Gasteiger partial charge on any atom is -0.481 e. The van der Waals surface area contributed by atoms with Crippen LogP contribution in [-0.4, -0.2) is 44.6 Å². The van der Waals surface area contributed by atoms with Gasteiger partial charge in [-0.15, -0.1) is 5.92 Å². The molecule has 0 aliphatic rings. The lowest BCUT2D eigenvalue weighted by Gasteiger charge is -2.17. The fourth-order valence-corrected chi connectivity index (χ4v) is 4.35. The molecule has 0 aliphatic carbocycles. The van der Waals surface area contributed by atoms with Crippen molar-refractivity contribution in [3.63, 3.8) is 0 Å². The smallest absolute Gasteiger partial charge is 0.261 e. The zero-order chi connectivity index (χ0) is 22.7. The first-order valence-electron chi connectivity index (χ1n) is 9.26. The second-order valence-electron chi connectivity index (χ2n) is 6.25. The molecule has 31 heavy (non-hydrogen) atoms. The second kappa shape index (κ2) is 12.1. The van der Waals surface area contributed by atoms with E-state index in [-0.39, 0.29) is 30.4 Å². The van der Waals surface area contributed by atoms with E-state index in [2.05, 4.69) is 21.9 Å². The summed E-state index contributed by atoms with van der Waals surface area (Å²) in [5.41, 5.74) is 2.00. The number of hydroxylamine groups is 1. The Morgan fingerprint density at radius 2 is 1.97 bits per heavy atom. The first-order valence-corrected chi connectivity index (χ1v) is 11.7. The van der Waals surface area contributed by atoms with Gasteiger partial charge in [-0.1, -0.05) is 5.92 Å². The van der Waals surface area contributed by atoms with Gasteiger partial charge in [0.25, 0.3) is 11.8 Å².